The zero-order valence-electron chi connectivity index (χ0n) is 7.32. The van der Waals surface area contributed by atoms with E-state index in [9.17, 15) is 4.79 Å². The first-order valence-corrected chi connectivity index (χ1v) is 4.25. The van der Waals surface area contributed by atoms with Gasteiger partial charge in [0.15, 0.2) is 0 Å². The van der Waals surface area contributed by atoms with Crippen LogP contribution in [-0.4, -0.2) is 18.6 Å². The number of allylic oxidation sites excluding steroid dienone is 1. The number of nitrogens with two attached hydrogens (primary N) is 1. The zero-order chi connectivity index (χ0) is 8.97. The number of rotatable bonds is 2. The Balaban J connectivity index is 2.46. The third-order valence-electron chi connectivity index (χ3n) is 2.12. The molecule has 0 radical (unpaired) electrons. The molecule has 0 aromatic rings. The number of ether oxygens (including phenoxy) is 1. The van der Waals surface area contributed by atoms with E-state index in [0.29, 0.717) is 18.9 Å². The molecule has 0 bridgehead atoms. The van der Waals surface area contributed by atoms with Gasteiger partial charge in [-0.2, -0.15) is 0 Å². The molecule has 0 aliphatic carbocycles. The van der Waals surface area contributed by atoms with Crippen molar-refractivity contribution in [1.29, 1.82) is 0 Å². The molecule has 0 saturated carbocycles. The van der Waals surface area contributed by atoms with Gasteiger partial charge in [0.05, 0.1) is 19.1 Å². The molecule has 0 spiro atoms. The Hall–Kier alpha value is -0.830. The van der Waals surface area contributed by atoms with Gasteiger partial charge in [-0.05, 0) is 12.3 Å². The molecule has 2 N–H and O–H groups in total. The number of amides is 1. The highest BCUT2D eigenvalue weighted by Gasteiger charge is 2.20. The highest BCUT2D eigenvalue weighted by molar-refractivity contribution is 5.74. The maximum atomic E-state index is 10.6. The first-order chi connectivity index (χ1) is 5.70. The molecule has 1 aliphatic rings. The summed E-state index contributed by atoms with van der Waals surface area (Å²) in [6.07, 6.45) is 5.38. The first kappa shape index (κ1) is 9.26. The molecule has 1 heterocycles. The standard InChI is InChI=1S/C9H15NO2/c1-7-4-2-3-5-12-8(7)6-9(10)11/h2-3,7-8H,4-6H2,1H3,(H2,10,11)/t7-,8+/m1/s1. The summed E-state index contributed by atoms with van der Waals surface area (Å²) < 4.78 is 5.44. The minimum atomic E-state index is -0.284. The van der Waals surface area contributed by atoms with Crippen molar-refractivity contribution in [2.45, 2.75) is 25.9 Å². The molecule has 1 rings (SSSR count). The molecule has 3 nitrogen and oxygen atoms in total. The number of carbonyl (C=O) groups excluding carboxylic acids is 1. The van der Waals surface area contributed by atoms with E-state index in [0.717, 1.165) is 6.42 Å². The maximum absolute atomic E-state index is 10.6. The lowest BCUT2D eigenvalue weighted by molar-refractivity contribution is -0.121. The summed E-state index contributed by atoms with van der Waals surface area (Å²) in [5.41, 5.74) is 5.10. The quantitative estimate of drug-likeness (QED) is 0.623. The SMILES string of the molecule is C[C@@H]1CC=CCO[C@H]1CC(N)=O. The van der Waals surface area contributed by atoms with E-state index in [4.69, 9.17) is 10.5 Å². The second-order valence-corrected chi connectivity index (χ2v) is 3.23. The molecule has 2 atom stereocenters. The van der Waals surface area contributed by atoms with Crippen molar-refractivity contribution >= 4 is 5.91 Å². The summed E-state index contributed by atoms with van der Waals surface area (Å²) in [5, 5.41) is 0. The fourth-order valence-electron chi connectivity index (χ4n) is 1.33. The van der Waals surface area contributed by atoms with Crippen LogP contribution in [0.15, 0.2) is 12.2 Å². The van der Waals surface area contributed by atoms with Gasteiger partial charge < -0.3 is 10.5 Å². The molecule has 0 fully saturated rings. The van der Waals surface area contributed by atoms with Gasteiger partial charge >= 0.3 is 0 Å². The summed E-state index contributed by atoms with van der Waals surface area (Å²) in [4.78, 5) is 10.6. The number of hydrogen-bond acceptors (Lipinski definition) is 2. The highest BCUT2D eigenvalue weighted by atomic mass is 16.5. The molecule has 12 heavy (non-hydrogen) atoms. The van der Waals surface area contributed by atoms with Gasteiger partial charge in [-0.3, -0.25) is 4.79 Å². The molecule has 0 aromatic heterocycles. The van der Waals surface area contributed by atoms with Gasteiger partial charge in [0.25, 0.3) is 0 Å². The Morgan fingerprint density at radius 2 is 2.42 bits per heavy atom. The summed E-state index contributed by atoms with van der Waals surface area (Å²) in [7, 11) is 0. The van der Waals surface area contributed by atoms with Crippen LogP contribution in [0.4, 0.5) is 0 Å². The van der Waals surface area contributed by atoms with Crippen LogP contribution >= 0.6 is 0 Å². The average Bonchev–Trinajstić information content (AvgIpc) is 2.16. The number of primary amides is 1. The molecule has 68 valence electrons. The predicted octanol–water partition coefficient (Wildman–Crippen LogP) is 0.843. The molecule has 1 amide bonds. The Kier molecular flexibility index (Phi) is 3.29. The van der Waals surface area contributed by atoms with Gasteiger partial charge in [-0.25, -0.2) is 0 Å². The minimum Gasteiger partial charge on any atom is -0.373 e. The summed E-state index contributed by atoms with van der Waals surface area (Å²) in [5.74, 6) is 0.102. The van der Waals surface area contributed by atoms with Gasteiger partial charge in [0.1, 0.15) is 0 Å². The second kappa shape index (κ2) is 4.26. The fraction of sp³-hybridized carbons (Fsp3) is 0.667. The normalized spacial score (nSPS) is 29.8. The molecule has 0 aromatic carbocycles. The van der Waals surface area contributed by atoms with Crippen molar-refractivity contribution in [2.24, 2.45) is 11.7 Å². The van der Waals surface area contributed by atoms with E-state index in [2.05, 4.69) is 13.0 Å². The Bertz CT molecular complexity index is 189. The molecule has 1 aliphatic heterocycles. The van der Waals surface area contributed by atoms with Crippen LogP contribution in [0.1, 0.15) is 19.8 Å². The molecular weight excluding hydrogens is 154 g/mol. The zero-order valence-corrected chi connectivity index (χ0v) is 7.32. The van der Waals surface area contributed by atoms with E-state index in [1.54, 1.807) is 0 Å². The van der Waals surface area contributed by atoms with Crippen LogP contribution in [0.25, 0.3) is 0 Å². The first-order valence-electron chi connectivity index (χ1n) is 4.25. The van der Waals surface area contributed by atoms with E-state index >= 15 is 0 Å². The third-order valence-corrected chi connectivity index (χ3v) is 2.12. The number of carbonyl (C=O) groups is 1. The van der Waals surface area contributed by atoms with Gasteiger partial charge in [0.2, 0.25) is 5.91 Å². The lowest BCUT2D eigenvalue weighted by Gasteiger charge is -2.19. The smallest absolute Gasteiger partial charge is 0.220 e. The van der Waals surface area contributed by atoms with Gasteiger partial charge in [-0.1, -0.05) is 19.1 Å². The van der Waals surface area contributed by atoms with E-state index < -0.39 is 0 Å². The molecular formula is C9H15NO2. The minimum absolute atomic E-state index is 0.00231. The third kappa shape index (κ3) is 2.66. The van der Waals surface area contributed by atoms with Crippen LogP contribution in [0, 0.1) is 5.92 Å². The average molecular weight is 169 g/mol. The lowest BCUT2D eigenvalue weighted by Crippen LogP contribution is -2.27. The largest absolute Gasteiger partial charge is 0.373 e. The van der Waals surface area contributed by atoms with Gasteiger partial charge in [-0.15, -0.1) is 0 Å². The van der Waals surface area contributed by atoms with E-state index in [1.165, 1.54) is 0 Å². The van der Waals surface area contributed by atoms with Crippen molar-refractivity contribution in [3.63, 3.8) is 0 Å². The van der Waals surface area contributed by atoms with Crippen molar-refractivity contribution in [2.75, 3.05) is 6.61 Å². The number of hydrogen-bond donors (Lipinski definition) is 1. The molecule has 0 saturated heterocycles. The predicted molar refractivity (Wildman–Crippen MR) is 46.5 cm³/mol. The van der Waals surface area contributed by atoms with Crippen molar-refractivity contribution in [3.8, 4) is 0 Å². The lowest BCUT2D eigenvalue weighted by atomic mass is 9.98. The Morgan fingerprint density at radius 3 is 3.08 bits per heavy atom. The van der Waals surface area contributed by atoms with Crippen molar-refractivity contribution < 1.29 is 9.53 Å². The molecule has 0 unspecified atom stereocenters. The summed E-state index contributed by atoms with van der Waals surface area (Å²) >= 11 is 0. The highest BCUT2D eigenvalue weighted by Crippen LogP contribution is 2.18. The topological polar surface area (TPSA) is 52.3 Å². The van der Waals surface area contributed by atoms with Crippen LogP contribution in [0.2, 0.25) is 0 Å². The van der Waals surface area contributed by atoms with E-state index in [-0.39, 0.29) is 12.0 Å². The molecule has 3 heteroatoms. The summed E-state index contributed by atoms with van der Waals surface area (Å²) in [6, 6.07) is 0. The monoisotopic (exact) mass is 169 g/mol. The maximum Gasteiger partial charge on any atom is 0.220 e. The van der Waals surface area contributed by atoms with Gasteiger partial charge in [0, 0.05) is 0 Å². The van der Waals surface area contributed by atoms with Crippen LogP contribution in [-0.2, 0) is 9.53 Å². The second-order valence-electron chi connectivity index (χ2n) is 3.23. The Morgan fingerprint density at radius 1 is 1.67 bits per heavy atom. The van der Waals surface area contributed by atoms with Crippen molar-refractivity contribution in [3.05, 3.63) is 12.2 Å². The van der Waals surface area contributed by atoms with E-state index in [1.807, 2.05) is 6.08 Å². The van der Waals surface area contributed by atoms with Crippen LogP contribution < -0.4 is 5.73 Å². The Labute approximate surface area is 72.6 Å². The summed E-state index contributed by atoms with van der Waals surface area (Å²) in [6.45, 7) is 2.67. The fourth-order valence-corrected chi connectivity index (χ4v) is 1.33. The van der Waals surface area contributed by atoms with Crippen LogP contribution in [0.3, 0.4) is 0 Å². The van der Waals surface area contributed by atoms with Crippen LogP contribution in [0.5, 0.6) is 0 Å². The van der Waals surface area contributed by atoms with Crippen molar-refractivity contribution in [1.82, 2.24) is 0 Å².